The molecule has 2 aromatic carbocycles. The van der Waals surface area contributed by atoms with Gasteiger partial charge in [-0.1, -0.05) is 30.3 Å². The van der Waals surface area contributed by atoms with Crippen molar-refractivity contribution in [1.29, 1.82) is 0 Å². The molecule has 3 aromatic rings. The molecule has 2 N–H and O–H groups in total. The minimum Gasteiger partial charge on any atom is -0.358 e. The van der Waals surface area contributed by atoms with Gasteiger partial charge in [-0.05, 0) is 36.0 Å². The Labute approximate surface area is 126 Å². The van der Waals surface area contributed by atoms with Crippen molar-refractivity contribution >= 4 is 45.8 Å². The Morgan fingerprint density at radius 2 is 1.85 bits per heavy atom. The zero-order valence-corrected chi connectivity index (χ0v) is 12.2. The van der Waals surface area contributed by atoms with Crippen LogP contribution in [0.4, 0.5) is 5.69 Å². The number of aromatic nitrogens is 2. The lowest BCUT2D eigenvalue weighted by molar-refractivity contribution is 0.926. The third-order valence-corrected chi connectivity index (χ3v) is 3.61. The van der Waals surface area contributed by atoms with Gasteiger partial charge in [-0.25, -0.2) is 0 Å². The first-order chi connectivity index (χ1) is 9.81. The second kappa shape index (κ2) is 5.94. The van der Waals surface area contributed by atoms with Crippen LogP contribution in [0, 0.1) is 0 Å². The van der Waals surface area contributed by atoms with E-state index in [1.54, 1.807) is 0 Å². The van der Waals surface area contributed by atoms with Crippen molar-refractivity contribution in [3.05, 3.63) is 54.1 Å². The van der Waals surface area contributed by atoms with Crippen LogP contribution in [0.1, 0.15) is 5.56 Å². The average molecular weight is 300 g/mol. The maximum Gasteiger partial charge on any atom is 0.171 e. The summed E-state index contributed by atoms with van der Waals surface area (Å²) in [6.07, 6.45) is 0. The molecular formula is C14H12N4S2. The molecule has 0 saturated carbocycles. The van der Waals surface area contributed by atoms with Gasteiger partial charge in [0.25, 0.3) is 0 Å². The number of nitrogens with zero attached hydrogens (tertiary/aromatic N) is 2. The first-order valence-corrected chi connectivity index (χ1v) is 7.26. The van der Waals surface area contributed by atoms with Crippen LogP contribution >= 0.6 is 23.9 Å². The maximum absolute atomic E-state index is 5.28. The summed E-state index contributed by atoms with van der Waals surface area (Å²) in [6, 6.07) is 16.0. The van der Waals surface area contributed by atoms with Gasteiger partial charge in [-0.3, -0.25) is 0 Å². The van der Waals surface area contributed by atoms with E-state index in [0.29, 0.717) is 11.7 Å². The van der Waals surface area contributed by atoms with Crippen molar-refractivity contribution in [1.82, 2.24) is 14.1 Å². The Balaban J connectivity index is 1.61. The van der Waals surface area contributed by atoms with E-state index in [0.717, 1.165) is 16.7 Å². The summed E-state index contributed by atoms with van der Waals surface area (Å²) in [5, 5.41) is 6.92. The molecule has 0 aliphatic carbocycles. The van der Waals surface area contributed by atoms with Crippen LogP contribution in [0.2, 0.25) is 0 Å². The van der Waals surface area contributed by atoms with Crippen molar-refractivity contribution in [2.75, 3.05) is 5.32 Å². The molecule has 20 heavy (non-hydrogen) atoms. The number of thiocarbonyl (C=S) groups is 1. The predicted molar refractivity (Wildman–Crippen MR) is 86.9 cm³/mol. The highest BCUT2D eigenvalue weighted by atomic mass is 32.1. The molecule has 3 rings (SSSR count). The number of fused-ring (bicyclic) bond motifs is 1. The highest BCUT2D eigenvalue weighted by Crippen LogP contribution is 2.16. The quantitative estimate of drug-likeness (QED) is 0.728. The number of rotatable bonds is 3. The predicted octanol–water partition coefficient (Wildman–Crippen LogP) is 3.18. The SMILES string of the molecule is S=C(NCc1ccccc1)Nc1ccc2nsnc2c1. The first-order valence-electron chi connectivity index (χ1n) is 6.12. The number of anilines is 1. The van der Waals surface area contributed by atoms with Crippen LogP contribution in [0.15, 0.2) is 48.5 Å². The summed E-state index contributed by atoms with van der Waals surface area (Å²) >= 11 is 6.49. The zero-order valence-electron chi connectivity index (χ0n) is 10.5. The lowest BCUT2D eigenvalue weighted by Crippen LogP contribution is -2.27. The zero-order chi connectivity index (χ0) is 13.8. The van der Waals surface area contributed by atoms with Crippen molar-refractivity contribution in [3.8, 4) is 0 Å². The van der Waals surface area contributed by atoms with Crippen LogP contribution < -0.4 is 10.6 Å². The molecule has 0 unspecified atom stereocenters. The van der Waals surface area contributed by atoms with Gasteiger partial charge >= 0.3 is 0 Å². The molecule has 0 amide bonds. The summed E-state index contributed by atoms with van der Waals surface area (Å²) < 4.78 is 8.38. The highest BCUT2D eigenvalue weighted by Gasteiger charge is 2.02. The number of nitrogens with one attached hydrogen (secondary N) is 2. The van der Waals surface area contributed by atoms with Crippen LogP contribution in [0.3, 0.4) is 0 Å². The van der Waals surface area contributed by atoms with E-state index in [9.17, 15) is 0 Å². The lowest BCUT2D eigenvalue weighted by Gasteiger charge is -2.10. The normalized spacial score (nSPS) is 10.4. The van der Waals surface area contributed by atoms with Crippen molar-refractivity contribution in [3.63, 3.8) is 0 Å². The van der Waals surface area contributed by atoms with Gasteiger partial charge in [0.05, 0.1) is 11.7 Å². The van der Waals surface area contributed by atoms with Crippen molar-refractivity contribution < 1.29 is 0 Å². The lowest BCUT2D eigenvalue weighted by atomic mass is 10.2. The van der Waals surface area contributed by atoms with Gasteiger partial charge in [0.1, 0.15) is 11.0 Å². The Morgan fingerprint density at radius 1 is 1.05 bits per heavy atom. The van der Waals surface area contributed by atoms with E-state index in [2.05, 4.69) is 31.5 Å². The van der Waals surface area contributed by atoms with E-state index in [-0.39, 0.29) is 0 Å². The highest BCUT2D eigenvalue weighted by molar-refractivity contribution is 7.80. The van der Waals surface area contributed by atoms with Crippen molar-refractivity contribution in [2.24, 2.45) is 0 Å². The fraction of sp³-hybridized carbons (Fsp3) is 0.0714. The summed E-state index contributed by atoms with van der Waals surface area (Å²) in [7, 11) is 0. The third kappa shape index (κ3) is 3.09. The number of benzene rings is 2. The van der Waals surface area contributed by atoms with Gasteiger partial charge in [0.2, 0.25) is 0 Å². The average Bonchev–Trinajstić information content (AvgIpc) is 2.94. The Kier molecular flexibility index (Phi) is 3.85. The van der Waals surface area contributed by atoms with E-state index >= 15 is 0 Å². The smallest absolute Gasteiger partial charge is 0.171 e. The number of hydrogen-bond donors (Lipinski definition) is 2. The third-order valence-electron chi connectivity index (χ3n) is 2.81. The fourth-order valence-corrected chi connectivity index (χ4v) is 2.52. The Hall–Kier alpha value is -2.05. The van der Waals surface area contributed by atoms with E-state index < -0.39 is 0 Å². The van der Waals surface area contributed by atoms with Crippen LogP contribution in [0.25, 0.3) is 11.0 Å². The molecule has 0 saturated heterocycles. The monoisotopic (exact) mass is 300 g/mol. The largest absolute Gasteiger partial charge is 0.358 e. The molecule has 0 aliphatic rings. The van der Waals surface area contributed by atoms with Gasteiger partial charge in [0, 0.05) is 12.2 Å². The Bertz CT molecular complexity index is 724. The molecule has 0 radical (unpaired) electrons. The fourth-order valence-electron chi connectivity index (χ4n) is 1.81. The molecule has 0 atom stereocenters. The van der Waals surface area contributed by atoms with Gasteiger partial charge in [-0.15, -0.1) is 0 Å². The summed E-state index contributed by atoms with van der Waals surface area (Å²) in [5.41, 5.74) is 3.89. The maximum atomic E-state index is 5.28. The van der Waals surface area contributed by atoms with E-state index in [1.807, 2.05) is 36.4 Å². The minimum absolute atomic E-state index is 0.594. The van der Waals surface area contributed by atoms with Crippen molar-refractivity contribution in [2.45, 2.75) is 6.54 Å². The molecule has 6 heteroatoms. The molecule has 4 nitrogen and oxygen atoms in total. The molecule has 0 bridgehead atoms. The Morgan fingerprint density at radius 3 is 2.70 bits per heavy atom. The second-order valence-corrected chi connectivity index (χ2v) is 5.20. The summed E-state index contributed by atoms with van der Waals surface area (Å²) in [6.45, 7) is 0.702. The summed E-state index contributed by atoms with van der Waals surface area (Å²) in [4.78, 5) is 0. The van der Waals surface area contributed by atoms with Gasteiger partial charge in [0.15, 0.2) is 5.11 Å². The molecule has 0 spiro atoms. The molecule has 0 aliphatic heterocycles. The topological polar surface area (TPSA) is 49.8 Å². The van der Waals surface area contributed by atoms with Crippen LogP contribution in [-0.4, -0.2) is 13.9 Å². The van der Waals surface area contributed by atoms with Crippen LogP contribution in [0.5, 0.6) is 0 Å². The molecular weight excluding hydrogens is 288 g/mol. The molecule has 0 fully saturated rings. The summed E-state index contributed by atoms with van der Waals surface area (Å²) in [5.74, 6) is 0. The van der Waals surface area contributed by atoms with Gasteiger partial charge in [-0.2, -0.15) is 8.75 Å². The van der Waals surface area contributed by atoms with Gasteiger partial charge < -0.3 is 10.6 Å². The molecule has 100 valence electrons. The van der Waals surface area contributed by atoms with Crippen LogP contribution in [-0.2, 0) is 6.54 Å². The van der Waals surface area contributed by atoms with E-state index in [4.69, 9.17) is 12.2 Å². The molecule has 1 heterocycles. The molecule has 1 aromatic heterocycles. The second-order valence-electron chi connectivity index (χ2n) is 4.26. The number of hydrogen-bond acceptors (Lipinski definition) is 4. The first kappa shape index (κ1) is 13.0. The standard InChI is InChI=1S/C14H12N4S2/c19-14(15-9-10-4-2-1-3-5-10)16-11-6-7-12-13(8-11)18-20-17-12/h1-8H,9H2,(H2,15,16,19). The van der Waals surface area contributed by atoms with E-state index in [1.165, 1.54) is 17.3 Å². The minimum atomic E-state index is 0.594.